The number of likely N-dealkylation sites (N-methyl/N-ethyl adjacent to an activating group) is 1. The lowest BCUT2D eigenvalue weighted by Gasteiger charge is -2.19. The molecular weight excluding hydrogens is 240 g/mol. The predicted molar refractivity (Wildman–Crippen MR) is 74.7 cm³/mol. The molecule has 0 saturated heterocycles. The van der Waals surface area contributed by atoms with Gasteiger partial charge < -0.3 is 4.74 Å². The summed E-state index contributed by atoms with van der Waals surface area (Å²) in [5, 5.41) is 1.13. The largest absolute Gasteiger partial charge is 0.468 e. The average molecular weight is 258 g/mol. The second-order valence-electron chi connectivity index (χ2n) is 4.37. The first-order valence-electron chi connectivity index (χ1n) is 6.36. The van der Waals surface area contributed by atoms with Gasteiger partial charge >= 0.3 is 5.97 Å². The molecule has 4 nitrogen and oxygen atoms in total. The van der Waals surface area contributed by atoms with Gasteiger partial charge in [-0.1, -0.05) is 25.1 Å². The molecule has 0 bridgehead atoms. The molecule has 0 saturated carbocycles. The van der Waals surface area contributed by atoms with E-state index in [-0.39, 0.29) is 5.97 Å². The Labute approximate surface area is 113 Å². The standard InChI is InChI=1S/C15H18N2O2/c1-3-17(11-15(18)19-2)10-12-8-9-16-14-7-5-4-6-13(12)14/h4-9H,3,10-11H2,1-2H3. The highest BCUT2D eigenvalue weighted by atomic mass is 16.5. The van der Waals surface area contributed by atoms with E-state index in [0.29, 0.717) is 13.1 Å². The summed E-state index contributed by atoms with van der Waals surface area (Å²) in [5.74, 6) is -0.208. The number of para-hydroxylation sites is 1. The van der Waals surface area contributed by atoms with Crippen molar-refractivity contribution in [3.63, 3.8) is 0 Å². The van der Waals surface area contributed by atoms with Crippen LogP contribution in [0.2, 0.25) is 0 Å². The first-order chi connectivity index (χ1) is 9.24. The van der Waals surface area contributed by atoms with Crippen LogP contribution in [0.15, 0.2) is 36.5 Å². The second-order valence-corrected chi connectivity index (χ2v) is 4.37. The molecule has 4 heteroatoms. The van der Waals surface area contributed by atoms with Crippen molar-refractivity contribution >= 4 is 16.9 Å². The average Bonchev–Trinajstić information content (AvgIpc) is 2.46. The second kappa shape index (κ2) is 6.29. The molecule has 0 N–H and O–H groups in total. The van der Waals surface area contributed by atoms with Crippen molar-refractivity contribution in [1.82, 2.24) is 9.88 Å². The molecule has 0 amide bonds. The van der Waals surface area contributed by atoms with Crippen molar-refractivity contribution in [1.29, 1.82) is 0 Å². The lowest BCUT2D eigenvalue weighted by atomic mass is 10.1. The fourth-order valence-electron chi connectivity index (χ4n) is 2.06. The molecule has 1 heterocycles. The van der Waals surface area contributed by atoms with E-state index in [9.17, 15) is 4.79 Å². The third-order valence-corrected chi connectivity index (χ3v) is 3.16. The summed E-state index contributed by atoms with van der Waals surface area (Å²) in [4.78, 5) is 17.7. The van der Waals surface area contributed by atoms with Crippen molar-refractivity contribution in [3.05, 3.63) is 42.1 Å². The molecule has 0 aliphatic carbocycles. The fourth-order valence-corrected chi connectivity index (χ4v) is 2.06. The van der Waals surface area contributed by atoms with E-state index in [1.807, 2.05) is 42.3 Å². The van der Waals surface area contributed by atoms with E-state index in [1.54, 1.807) is 0 Å². The molecule has 1 aromatic heterocycles. The molecule has 0 aliphatic rings. The Bertz CT molecular complexity index is 564. The van der Waals surface area contributed by atoms with Gasteiger partial charge in [-0.2, -0.15) is 0 Å². The smallest absolute Gasteiger partial charge is 0.319 e. The number of pyridine rings is 1. The summed E-state index contributed by atoms with van der Waals surface area (Å²) in [5.41, 5.74) is 2.16. The summed E-state index contributed by atoms with van der Waals surface area (Å²) in [7, 11) is 1.41. The quantitative estimate of drug-likeness (QED) is 0.771. The zero-order chi connectivity index (χ0) is 13.7. The molecule has 0 atom stereocenters. The predicted octanol–water partition coefficient (Wildman–Crippen LogP) is 2.23. The number of carbonyl (C=O) groups is 1. The Balaban J connectivity index is 2.22. The molecule has 1 aromatic carbocycles. The first kappa shape index (κ1) is 13.5. The minimum absolute atomic E-state index is 0.208. The summed E-state index contributed by atoms with van der Waals surface area (Å²) in [6.07, 6.45) is 1.81. The van der Waals surface area contributed by atoms with Crippen LogP contribution in [-0.2, 0) is 16.1 Å². The number of carbonyl (C=O) groups excluding carboxylic acids is 1. The van der Waals surface area contributed by atoms with Crippen LogP contribution in [0.25, 0.3) is 10.9 Å². The lowest BCUT2D eigenvalue weighted by molar-refractivity contribution is -0.142. The highest BCUT2D eigenvalue weighted by molar-refractivity contribution is 5.81. The number of benzene rings is 1. The monoisotopic (exact) mass is 258 g/mol. The number of esters is 1. The molecular formula is C15H18N2O2. The van der Waals surface area contributed by atoms with Gasteiger partial charge in [0.05, 0.1) is 19.2 Å². The van der Waals surface area contributed by atoms with Crippen LogP contribution in [0.3, 0.4) is 0 Å². The molecule has 0 fully saturated rings. The topological polar surface area (TPSA) is 42.4 Å². The van der Waals surface area contributed by atoms with Crippen LogP contribution in [0.1, 0.15) is 12.5 Å². The van der Waals surface area contributed by atoms with Crippen LogP contribution < -0.4 is 0 Å². The van der Waals surface area contributed by atoms with Crippen molar-refractivity contribution in [2.24, 2.45) is 0 Å². The highest BCUT2D eigenvalue weighted by Crippen LogP contribution is 2.17. The molecule has 2 aromatic rings. The Kier molecular flexibility index (Phi) is 4.47. The van der Waals surface area contributed by atoms with Gasteiger partial charge in [0.1, 0.15) is 0 Å². The molecule has 0 unspecified atom stereocenters. The normalized spacial score (nSPS) is 10.9. The summed E-state index contributed by atoms with van der Waals surface area (Å²) in [6, 6.07) is 10.0. The number of rotatable bonds is 5. The fraction of sp³-hybridized carbons (Fsp3) is 0.333. The van der Waals surface area contributed by atoms with Gasteiger partial charge in [-0.25, -0.2) is 0 Å². The Morgan fingerprint density at radius 2 is 2.11 bits per heavy atom. The molecule has 19 heavy (non-hydrogen) atoms. The third kappa shape index (κ3) is 3.29. The van der Waals surface area contributed by atoms with Gasteiger partial charge in [0.25, 0.3) is 0 Å². The van der Waals surface area contributed by atoms with Crippen LogP contribution in [-0.4, -0.2) is 36.1 Å². The van der Waals surface area contributed by atoms with E-state index in [0.717, 1.165) is 17.4 Å². The molecule has 0 aliphatic heterocycles. The maximum atomic E-state index is 11.4. The van der Waals surface area contributed by atoms with Gasteiger partial charge in [0.2, 0.25) is 0 Å². The number of hydrogen-bond donors (Lipinski definition) is 0. The summed E-state index contributed by atoms with van der Waals surface area (Å²) in [6.45, 7) is 3.86. The van der Waals surface area contributed by atoms with Crippen LogP contribution in [0, 0.1) is 0 Å². The van der Waals surface area contributed by atoms with Crippen molar-refractivity contribution in [2.75, 3.05) is 20.2 Å². The Hall–Kier alpha value is -1.94. The number of nitrogens with zero attached hydrogens (tertiary/aromatic N) is 2. The van der Waals surface area contributed by atoms with Gasteiger partial charge in [-0.05, 0) is 24.2 Å². The van der Waals surface area contributed by atoms with E-state index >= 15 is 0 Å². The van der Waals surface area contributed by atoms with Crippen LogP contribution >= 0.6 is 0 Å². The Morgan fingerprint density at radius 1 is 1.32 bits per heavy atom. The van der Waals surface area contributed by atoms with E-state index in [4.69, 9.17) is 4.74 Å². The molecule has 0 radical (unpaired) electrons. The zero-order valence-electron chi connectivity index (χ0n) is 11.3. The summed E-state index contributed by atoms with van der Waals surface area (Å²) < 4.78 is 4.71. The number of aromatic nitrogens is 1. The van der Waals surface area contributed by atoms with Gasteiger partial charge in [0, 0.05) is 18.1 Å². The third-order valence-electron chi connectivity index (χ3n) is 3.16. The van der Waals surface area contributed by atoms with Gasteiger partial charge in [-0.15, -0.1) is 0 Å². The van der Waals surface area contributed by atoms with Crippen molar-refractivity contribution < 1.29 is 9.53 Å². The van der Waals surface area contributed by atoms with E-state index in [2.05, 4.69) is 11.1 Å². The molecule has 0 spiro atoms. The van der Waals surface area contributed by atoms with Crippen molar-refractivity contribution in [3.8, 4) is 0 Å². The zero-order valence-corrected chi connectivity index (χ0v) is 11.3. The summed E-state index contributed by atoms with van der Waals surface area (Å²) >= 11 is 0. The van der Waals surface area contributed by atoms with Gasteiger partial charge in [-0.3, -0.25) is 14.7 Å². The Morgan fingerprint density at radius 3 is 2.84 bits per heavy atom. The highest BCUT2D eigenvalue weighted by Gasteiger charge is 2.11. The number of methoxy groups -OCH3 is 1. The van der Waals surface area contributed by atoms with Crippen LogP contribution in [0.5, 0.6) is 0 Å². The first-order valence-corrected chi connectivity index (χ1v) is 6.36. The molecule has 2 rings (SSSR count). The van der Waals surface area contributed by atoms with E-state index < -0.39 is 0 Å². The molecule has 100 valence electrons. The van der Waals surface area contributed by atoms with Crippen molar-refractivity contribution in [2.45, 2.75) is 13.5 Å². The minimum atomic E-state index is -0.208. The van der Waals surface area contributed by atoms with Gasteiger partial charge in [0.15, 0.2) is 0 Å². The minimum Gasteiger partial charge on any atom is -0.468 e. The number of fused-ring (bicyclic) bond motifs is 1. The SMILES string of the molecule is CCN(CC(=O)OC)Cc1ccnc2ccccc12. The van der Waals surface area contributed by atoms with E-state index in [1.165, 1.54) is 12.7 Å². The number of hydrogen-bond acceptors (Lipinski definition) is 4. The number of ether oxygens (including phenoxy) is 1. The maximum absolute atomic E-state index is 11.4. The van der Waals surface area contributed by atoms with Crippen LogP contribution in [0.4, 0.5) is 0 Å². The maximum Gasteiger partial charge on any atom is 0.319 e. The lowest BCUT2D eigenvalue weighted by Crippen LogP contribution is -2.30.